The highest BCUT2D eigenvalue weighted by Crippen LogP contribution is 2.37. The number of ether oxygens (including phenoxy) is 1. The van der Waals surface area contributed by atoms with E-state index < -0.39 is 16.2 Å². The first-order chi connectivity index (χ1) is 21.2. The van der Waals surface area contributed by atoms with Crippen molar-refractivity contribution in [2.24, 2.45) is 0 Å². The quantitative estimate of drug-likeness (QED) is 0.208. The lowest BCUT2D eigenvalue weighted by atomic mass is 9.80. The van der Waals surface area contributed by atoms with E-state index in [-0.39, 0.29) is 56.6 Å². The maximum atomic E-state index is 13.9. The fourth-order valence-electron chi connectivity index (χ4n) is 6.11. The summed E-state index contributed by atoms with van der Waals surface area (Å²) in [7, 11) is 1.58. The highest BCUT2D eigenvalue weighted by Gasteiger charge is 2.55. The molecule has 11 nitrogen and oxygen atoms in total. The van der Waals surface area contributed by atoms with Crippen LogP contribution in [0.4, 0.5) is 0 Å². The molecule has 0 bridgehead atoms. The van der Waals surface area contributed by atoms with Crippen LogP contribution in [0.15, 0.2) is 72.9 Å². The number of benzene rings is 2. The summed E-state index contributed by atoms with van der Waals surface area (Å²) in [6.07, 6.45) is 3.62. The molecule has 3 aromatic rings. The fourth-order valence-corrected chi connectivity index (χ4v) is 6.11. The first-order valence-corrected chi connectivity index (χ1v) is 15.1. The number of carbonyl (C=O) groups is 3. The van der Waals surface area contributed by atoms with E-state index in [1.165, 1.54) is 6.20 Å². The monoisotopic (exact) mass is 601 g/mol. The fraction of sp³-hybridized carbons (Fsp3) is 0.394. The number of rotatable bonds is 10. The minimum Gasteiger partial charge on any atom is -0.633 e. The minimum atomic E-state index is -1.07. The Morgan fingerprint density at radius 1 is 1.07 bits per heavy atom. The van der Waals surface area contributed by atoms with Gasteiger partial charge in [-0.05, 0) is 55.0 Å². The third kappa shape index (κ3) is 6.53. The number of hydrogen-bond acceptors (Lipinski definition) is 6. The summed E-state index contributed by atoms with van der Waals surface area (Å²) in [5.74, 6) is 0.571. The van der Waals surface area contributed by atoms with E-state index >= 15 is 0 Å². The molecule has 0 aliphatic carbocycles. The SMILES string of the molecule is CCCCN1C(=O)[C@H](Cc2cccc[n+]2[O-])NC(=O)C12CC[N+]([O-])(Cc1ccc(Oc3ccc(C(=O)NC)cc3)cc1)CC2. The van der Waals surface area contributed by atoms with Crippen molar-refractivity contribution in [2.75, 3.05) is 26.7 Å². The van der Waals surface area contributed by atoms with Crippen molar-refractivity contribution >= 4 is 17.7 Å². The number of carbonyl (C=O) groups excluding carboxylic acids is 3. The molecule has 2 saturated heterocycles. The summed E-state index contributed by atoms with van der Waals surface area (Å²) in [6, 6.07) is 18.3. The number of amides is 3. The average Bonchev–Trinajstić information content (AvgIpc) is 3.03. The Morgan fingerprint density at radius 3 is 2.34 bits per heavy atom. The number of pyridine rings is 1. The van der Waals surface area contributed by atoms with Crippen LogP contribution in [0, 0.1) is 10.4 Å². The molecule has 2 aromatic carbocycles. The molecular weight excluding hydrogens is 562 g/mol. The molecule has 0 unspecified atom stereocenters. The number of piperazine rings is 1. The van der Waals surface area contributed by atoms with Gasteiger partial charge in [0.25, 0.3) is 5.91 Å². The van der Waals surface area contributed by atoms with Crippen LogP contribution >= 0.6 is 0 Å². The summed E-state index contributed by atoms with van der Waals surface area (Å²) in [6.45, 7) is 3.09. The summed E-state index contributed by atoms with van der Waals surface area (Å²) >= 11 is 0. The number of quaternary nitrogens is 1. The number of piperidine rings is 1. The number of nitrogens with one attached hydrogen (secondary N) is 2. The molecule has 5 rings (SSSR count). The molecule has 1 spiro atoms. The van der Waals surface area contributed by atoms with Gasteiger partial charge in [0.15, 0.2) is 11.9 Å². The highest BCUT2D eigenvalue weighted by molar-refractivity contribution is 6.00. The van der Waals surface area contributed by atoms with Crippen molar-refractivity contribution < 1.29 is 28.5 Å². The summed E-state index contributed by atoms with van der Waals surface area (Å²) in [5, 5.41) is 31.6. The van der Waals surface area contributed by atoms with E-state index in [0.29, 0.717) is 34.0 Å². The van der Waals surface area contributed by atoms with E-state index in [2.05, 4.69) is 10.6 Å². The normalized spacial score (nSPS) is 23.3. The molecule has 2 aliphatic rings. The first-order valence-electron chi connectivity index (χ1n) is 15.1. The van der Waals surface area contributed by atoms with Gasteiger partial charge in [-0.1, -0.05) is 19.4 Å². The molecule has 2 fully saturated rings. The van der Waals surface area contributed by atoms with Crippen LogP contribution in [0.5, 0.6) is 11.5 Å². The molecule has 1 atom stereocenters. The van der Waals surface area contributed by atoms with Crippen LogP contribution in [-0.4, -0.2) is 65.5 Å². The Hall–Kier alpha value is -4.48. The Bertz CT molecular complexity index is 1490. The molecule has 1 aromatic heterocycles. The van der Waals surface area contributed by atoms with Crippen molar-refractivity contribution in [3.8, 4) is 11.5 Å². The lowest BCUT2D eigenvalue weighted by Gasteiger charge is -2.55. The third-order valence-corrected chi connectivity index (χ3v) is 8.70. The second-order valence-electron chi connectivity index (χ2n) is 11.6. The van der Waals surface area contributed by atoms with Crippen molar-refractivity contribution in [2.45, 2.75) is 57.2 Å². The van der Waals surface area contributed by atoms with Gasteiger partial charge < -0.3 is 35.3 Å². The smallest absolute Gasteiger partial charge is 0.251 e. The molecule has 3 amide bonds. The van der Waals surface area contributed by atoms with E-state index in [4.69, 9.17) is 4.74 Å². The molecule has 11 heteroatoms. The Balaban J connectivity index is 1.23. The lowest BCUT2D eigenvalue weighted by molar-refractivity contribution is -0.900. The maximum absolute atomic E-state index is 13.9. The van der Waals surface area contributed by atoms with E-state index in [9.17, 15) is 24.8 Å². The van der Waals surface area contributed by atoms with Crippen molar-refractivity contribution in [3.05, 3.63) is 100 Å². The highest BCUT2D eigenvalue weighted by atomic mass is 16.5. The van der Waals surface area contributed by atoms with Crippen LogP contribution < -0.4 is 20.1 Å². The van der Waals surface area contributed by atoms with Gasteiger partial charge >= 0.3 is 0 Å². The predicted octanol–water partition coefficient (Wildman–Crippen LogP) is 3.19. The summed E-state index contributed by atoms with van der Waals surface area (Å²) < 4.78 is 6.12. The Labute approximate surface area is 257 Å². The van der Waals surface area contributed by atoms with E-state index in [1.807, 2.05) is 19.1 Å². The standard InChI is InChI=1S/C33H39N5O6/c1-3-4-18-36-31(40)29(22-26-7-5-6-19-37(26)42)35-32(41)33(36)16-20-38(43,21-17-33)23-24-8-12-27(13-9-24)44-28-14-10-25(11-15-28)30(39)34-2/h5-15,19,29H,3-4,16-18,20-23H2,1-2H3,(H,34,39)(H,35,41)/t29-,33?,38?/m0/s1. The minimum absolute atomic E-state index is 0.107. The van der Waals surface area contributed by atoms with Crippen molar-refractivity contribution in [1.29, 1.82) is 0 Å². The van der Waals surface area contributed by atoms with Crippen LogP contribution in [0.1, 0.15) is 54.2 Å². The van der Waals surface area contributed by atoms with Gasteiger partial charge in [0.2, 0.25) is 11.8 Å². The molecule has 3 heterocycles. The van der Waals surface area contributed by atoms with E-state index in [1.54, 1.807) is 66.5 Å². The topological polar surface area (TPSA) is 138 Å². The number of unbranched alkanes of at least 4 members (excludes halogenated alkanes) is 1. The zero-order valence-corrected chi connectivity index (χ0v) is 25.2. The van der Waals surface area contributed by atoms with E-state index in [0.717, 1.165) is 18.4 Å². The second kappa shape index (κ2) is 13.0. The first kappa shape index (κ1) is 31.0. The predicted molar refractivity (Wildman–Crippen MR) is 163 cm³/mol. The second-order valence-corrected chi connectivity index (χ2v) is 11.6. The molecule has 0 saturated carbocycles. The number of nitrogens with zero attached hydrogens (tertiary/aromatic N) is 3. The van der Waals surface area contributed by atoms with Crippen LogP contribution in [-0.2, 0) is 22.6 Å². The van der Waals surface area contributed by atoms with Gasteiger partial charge in [0, 0.05) is 49.7 Å². The van der Waals surface area contributed by atoms with Crippen LogP contribution in [0.2, 0.25) is 0 Å². The number of likely N-dealkylation sites (tertiary alicyclic amines) is 1. The van der Waals surface area contributed by atoms with Gasteiger partial charge in [-0.3, -0.25) is 14.4 Å². The number of hydrogen-bond donors (Lipinski definition) is 2. The number of hydroxylamine groups is 3. The molecular formula is C33H39N5O6. The van der Waals surface area contributed by atoms with Crippen molar-refractivity contribution in [1.82, 2.24) is 15.5 Å². The van der Waals surface area contributed by atoms with Gasteiger partial charge in [0.1, 0.15) is 29.6 Å². The van der Waals surface area contributed by atoms with Crippen molar-refractivity contribution in [3.63, 3.8) is 0 Å². The largest absolute Gasteiger partial charge is 0.633 e. The Morgan fingerprint density at radius 2 is 1.73 bits per heavy atom. The summed E-state index contributed by atoms with van der Waals surface area (Å²) in [5.41, 5.74) is 0.728. The molecule has 2 aliphatic heterocycles. The average molecular weight is 602 g/mol. The molecule has 0 radical (unpaired) electrons. The molecule has 232 valence electrons. The molecule has 44 heavy (non-hydrogen) atoms. The van der Waals surface area contributed by atoms with Gasteiger partial charge in [0.05, 0.1) is 19.5 Å². The third-order valence-electron chi connectivity index (χ3n) is 8.70. The molecule has 2 N–H and O–H groups in total. The maximum Gasteiger partial charge on any atom is 0.251 e. The van der Waals surface area contributed by atoms with Gasteiger partial charge in [-0.2, -0.15) is 4.73 Å². The summed E-state index contributed by atoms with van der Waals surface area (Å²) in [4.78, 5) is 40.8. The van der Waals surface area contributed by atoms with Crippen LogP contribution in [0.25, 0.3) is 0 Å². The zero-order valence-electron chi connectivity index (χ0n) is 25.2. The van der Waals surface area contributed by atoms with Crippen LogP contribution in [0.3, 0.4) is 0 Å². The Kier molecular flexibility index (Phi) is 9.17. The van der Waals surface area contributed by atoms with Gasteiger partial charge in [-0.25, -0.2) is 0 Å². The lowest BCUT2D eigenvalue weighted by Crippen LogP contribution is -2.74. The number of aromatic nitrogens is 1. The van der Waals surface area contributed by atoms with Gasteiger partial charge in [-0.15, -0.1) is 0 Å². The zero-order chi connectivity index (χ0) is 31.3.